The van der Waals surface area contributed by atoms with E-state index in [4.69, 9.17) is 22.1 Å². The average molecular weight is 331 g/mol. The van der Waals surface area contributed by atoms with Crippen LogP contribution in [0.25, 0.3) is 0 Å². The van der Waals surface area contributed by atoms with E-state index in [0.717, 1.165) is 25.7 Å². The summed E-state index contributed by atoms with van der Waals surface area (Å²) in [4.78, 5) is 0.182. The fourth-order valence-electron chi connectivity index (χ4n) is 3.54. The van der Waals surface area contributed by atoms with Crippen molar-refractivity contribution in [3.8, 4) is 5.75 Å². The maximum absolute atomic E-state index is 13.0. The molecule has 7 heteroatoms. The molecular formula is C14H19ClN2O3S. The van der Waals surface area contributed by atoms with Crippen molar-refractivity contribution in [2.24, 2.45) is 5.73 Å². The molecule has 2 heterocycles. The second kappa shape index (κ2) is 5.43. The lowest BCUT2D eigenvalue weighted by Gasteiger charge is -2.36. The largest absolute Gasteiger partial charge is 0.495 e. The normalized spacial score (nSPS) is 29.6. The number of ether oxygens (including phenoxy) is 1. The minimum atomic E-state index is -3.59. The zero-order valence-corrected chi connectivity index (χ0v) is 13.4. The lowest BCUT2D eigenvalue weighted by molar-refractivity contribution is 0.226. The molecule has 3 rings (SSSR count). The Balaban J connectivity index is 2.02. The molecule has 116 valence electrons. The van der Waals surface area contributed by atoms with Crippen LogP contribution in [0, 0.1) is 0 Å². The Morgan fingerprint density at radius 1 is 1.29 bits per heavy atom. The molecule has 0 aliphatic carbocycles. The fourth-order valence-corrected chi connectivity index (χ4v) is 5.73. The van der Waals surface area contributed by atoms with Crippen LogP contribution in [0.5, 0.6) is 5.75 Å². The van der Waals surface area contributed by atoms with Crippen LogP contribution >= 0.6 is 11.6 Å². The van der Waals surface area contributed by atoms with Crippen LogP contribution in [-0.2, 0) is 10.0 Å². The van der Waals surface area contributed by atoms with Crippen LogP contribution in [0.1, 0.15) is 25.7 Å². The van der Waals surface area contributed by atoms with Gasteiger partial charge in [0.15, 0.2) is 0 Å². The molecule has 0 spiro atoms. The Morgan fingerprint density at radius 3 is 2.48 bits per heavy atom. The quantitative estimate of drug-likeness (QED) is 0.920. The summed E-state index contributed by atoms with van der Waals surface area (Å²) < 4.78 is 32.9. The number of sulfonamides is 1. The van der Waals surface area contributed by atoms with Crippen molar-refractivity contribution in [3.05, 3.63) is 23.2 Å². The summed E-state index contributed by atoms with van der Waals surface area (Å²) in [6.07, 6.45) is 3.22. The first-order valence-electron chi connectivity index (χ1n) is 7.06. The predicted molar refractivity (Wildman–Crippen MR) is 81.0 cm³/mol. The summed E-state index contributed by atoms with van der Waals surface area (Å²) in [5.41, 5.74) is 6.01. The second-order valence-electron chi connectivity index (χ2n) is 5.75. The first kappa shape index (κ1) is 15.1. The van der Waals surface area contributed by atoms with Gasteiger partial charge in [-0.2, -0.15) is 4.31 Å². The summed E-state index contributed by atoms with van der Waals surface area (Å²) in [6.45, 7) is 0. The molecule has 1 aromatic carbocycles. The van der Waals surface area contributed by atoms with Crippen molar-refractivity contribution in [1.29, 1.82) is 0 Å². The lowest BCUT2D eigenvalue weighted by Crippen LogP contribution is -2.50. The van der Waals surface area contributed by atoms with Crippen molar-refractivity contribution in [3.63, 3.8) is 0 Å². The number of benzene rings is 1. The van der Waals surface area contributed by atoms with Crippen LogP contribution in [0.4, 0.5) is 0 Å². The Hall–Kier alpha value is -0.820. The molecule has 2 N–H and O–H groups in total. The number of rotatable bonds is 3. The van der Waals surface area contributed by atoms with E-state index in [2.05, 4.69) is 0 Å². The number of hydrogen-bond acceptors (Lipinski definition) is 4. The molecule has 2 bridgehead atoms. The van der Waals surface area contributed by atoms with Crippen LogP contribution < -0.4 is 10.5 Å². The molecule has 2 atom stereocenters. The van der Waals surface area contributed by atoms with Gasteiger partial charge in [0.05, 0.1) is 7.11 Å². The standard InChI is InChI=1S/C14H19ClN2O3S/c1-20-13-6-9(15)2-5-14(13)21(18,19)17-11-3-4-12(17)8-10(16)7-11/h2,5-6,10-12H,3-4,7-8,16H2,1H3. The molecule has 2 unspecified atom stereocenters. The van der Waals surface area contributed by atoms with Gasteiger partial charge in [-0.05, 0) is 37.8 Å². The third-order valence-corrected chi connectivity index (χ3v) is 6.66. The molecule has 21 heavy (non-hydrogen) atoms. The molecule has 5 nitrogen and oxygen atoms in total. The Labute approximate surface area is 130 Å². The van der Waals surface area contributed by atoms with Crippen molar-refractivity contribution in [2.45, 2.75) is 48.7 Å². The fraction of sp³-hybridized carbons (Fsp3) is 0.571. The van der Waals surface area contributed by atoms with Crippen LogP contribution in [0.2, 0.25) is 5.02 Å². The highest BCUT2D eigenvalue weighted by Gasteiger charge is 2.47. The third kappa shape index (κ3) is 2.54. The van der Waals surface area contributed by atoms with E-state index in [9.17, 15) is 8.42 Å². The van der Waals surface area contributed by atoms with Crippen molar-refractivity contribution >= 4 is 21.6 Å². The van der Waals surface area contributed by atoms with Gasteiger partial charge < -0.3 is 10.5 Å². The molecule has 0 saturated carbocycles. The lowest BCUT2D eigenvalue weighted by atomic mass is 10.0. The zero-order chi connectivity index (χ0) is 15.2. The van der Waals surface area contributed by atoms with E-state index in [1.165, 1.54) is 19.2 Å². The minimum Gasteiger partial charge on any atom is -0.495 e. The summed E-state index contributed by atoms with van der Waals surface area (Å²) >= 11 is 5.92. The molecule has 0 radical (unpaired) electrons. The van der Waals surface area contributed by atoms with E-state index >= 15 is 0 Å². The van der Waals surface area contributed by atoms with Gasteiger partial charge in [0.2, 0.25) is 10.0 Å². The Kier molecular flexibility index (Phi) is 3.90. The summed E-state index contributed by atoms with van der Waals surface area (Å²) in [5, 5.41) is 0.453. The Bertz CT molecular complexity index is 636. The molecule has 1 aromatic rings. The molecule has 2 aliphatic heterocycles. The first-order valence-corrected chi connectivity index (χ1v) is 8.88. The van der Waals surface area contributed by atoms with Gasteiger partial charge in [0.1, 0.15) is 10.6 Å². The Morgan fingerprint density at radius 2 is 1.90 bits per heavy atom. The summed E-state index contributed by atoms with van der Waals surface area (Å²) in [5.74, 6) is 0.289. The van der Waals surface area contributed by atoms with Crippen molar-refractivity contribution in [2.75, 3.05) is 7.11 Å². The molecule has 0 aromatic heterocycles. The van der Waals surface area contributed by atoms with Gasteiger partial charge in [-0.15, -0.1) is 0 Å². The summed E-state index contributed by atoms with van der Waals surface area (Å²) in [6, 6.07) is 4.74. The van der Waals surface area contributed by atoms with Gasteiger partial charge in [-0.3, -0.25) is 0 Å². The maximum atomic E-state index is 13.0. The SMILES string of the molecule is COc1cc(Cl)ccc1S(=O)(=O)N1C2CCC1CC(N)C2. The highest BCUT2D eigenvalue weighted by Crippen LogP contribution is 2.41. The smallest absolute Gasteiger partial charge is 0.247 e. The van der Waals surface area contributed by atoms with Crippen molar-refractivity contribution < 1.29 is 13.2 Å². The van der Waals surface area contributed by atoms with Gasteiger partial charge in [0, 0.05) is 29.2 Å². The first-order chi connectivity index (χ1) is 9.93. The number of nitrogens with zero attached hydrogens (tertiary/aromatic N) is 1. The van der Waals surface area contributed by atoms with E-state index in [1.807, 2.05) is 0 Å². The average Bonchev–Trinajstić information content (AvgIpc) is 2.72. The predicted octanol–water partition coefficient (Wildman–Crippen LogP) is 1.99. The number of piperidine rings is 1. The number of methoxy groups -OCH3 is 1. The van der Waals surface area contributed by atoms with Crippen LogP contribution in [0.15, 0.2) is 23.1 Å². The molecule has 2 aliphatic rings. The van der Waals surface area contributed by atoms with Gasteiger partial charge >= 0.3 is 0 Å². The van der Waals surface area contributed by atoms with E-state index in [-0.39, 0.29) is 28.8 Å². The van der Waals surface area contributed by atoms with Crippen LogP contribution in [-0.4, -0.2) is 38.0 Å². The molecule has 2 saturated heterocycles. The van der Waals surface area contributed by atoms with Gasteiger partial charge in [-0.1, -0.05) is 11.6 Å². The monoisotopic (exact) mass is 330 g/mol. The third-order valence-electron chi connectivity index (χ3n) is 4.38. The van der Waals surface area contributed by atoms with Gasteiger partial charge in [-0.25, -0.2) is 8.42 Å². The number of fused-ring (bicyclic) bond motifs is 2. The highest BCUT2D eigenvalue weighted by atomic mass is 35.5. The molecule has 0 amide bonds. The van der Waals surface area contributed by atoms with E-state index < -0.39 is 10.0 Å². The highest BCUT2D eigenvalue weighted by molar-refractivity contribution is 7.89. The maximum Gasteiger partial charge on any atom is 0.247 e. The number of hydrogen-bond donors (Lipinski definition) is 1. The van der Waals surface area contributed by atoms with E-state index in [0.29, 0.717) is 5.02 Å². The van der Waals surface area contributed by atoms with Crippen molar-refractivity contribution in [1.82, 2.24) is 4.31 Å². The second-order valence-corrected chi connectivity index (χ2v) is 7.99. The zero-order valence-electron chi connectivity index (χ0n) is 11.8. The topological polar surface area (TPSA) is 72.6 Å². The number of halogens is 1. The van der Waals surface area contributed by atoms with Crippen LogP contribution in [0.3, 0.4) is 0 Å². The van der Waals surface area contributed by atoms with E-state index in [1.54, 1.807) is 10.4 Å². The number of nitrogens with two attached hydrogens (primary N) is 1. The van der Waals surface area contributed by atoms with Gasteiger partial charge in [0.25, 0.3) is 0 Å². The molecule has 2 fully saturated rings. The molecular weight excluding hydrogens is 312 g/mol. The minimum absolute atomic E-state index is 0.00383. The summed E-state index contributed by atoms with van der Waals surface area (Å²) in [7, 11) is -2.14.